The Labute approximate surface area is 113 Å². The number of halogens is 2. The molecule has 0 radical (unpaired) electrons. The van der Waals surface area contributed by atoms with Crippen molar-refractivity contribution >= 4 is 11.6 Å². The first-order valence-corrected chi connectivity index (χ1v) is 6.40. The number of allylic oxidation sites excluding steroid dienone is 1. The van der Waals surface area contributed by atoms with Crippen molar-refractivity contribution in [2.45, 2.75) is 12.8 Å². The zero-order valence-electron chi connectivity index (χ0n) is 10.6. The van der Waals surface area contributed by atoms with Crippen LogP contribution in [0.1, 0.15) is 12.0 Å². The maximum absolute atomic E-state index is 12.9. The van der Waals surface area contributed by atoms with Crippen molar-refractivity contribution in [3.63, 3.8) is 0 Å². The molecular weight excluding hydrogens is 253 g/mol. The molecule has 0 aliphatic rings. The fraction of sp³-hybridized carbons (Fsp3) is 0.429. The van der Waals surface area contributed by atoms with E-state index in [0.717, 1.165) is 38.1 Å². The zero-order valence-corrected chi connectivity index (χ0v) is 11.3. The molecule has 0 amide bonds. The third-order valence-electron chi connectivity index (χ3n) is 2.47. The van der Waals surface area contributed by atoms with Gasteiger partial charge < -0.3 is 10.1 Å². The molecule has 0 aromatic heterocycles. The third kappa shape index (κ3) is 6.15. The molecule has 0 unspecified atom stereocenters. The normalized spacial score (nSPS) is 11.3. The molecule has 100 valence electrons. The number of nitrogens with one attached hydrogen (secondary N) is 1. The van der Waals surface area contributed by atoms with Crippen LogP contribution in [0, 0.1) is 5.82 Å². The maximum Gasteiger partial charge on any atom is 0.141 e. The van der Waals surface area contributed by atoms with Gasteiger partial charge in [0.05, 0.1) is 11.6 Å². The number of benzene rings is 1. The molecule has 0 heterocycles. The van der Waals surface area contributed by atoms with Crippen LogP contribution in [0.3, 0.4) is 0 Å². The van der Waals surface area contributed by atoms with Crippen molar-refractivity contribution in [2.75, 3.05) is 26.8 Å². The number of rotatable bonds is 8. The highest BCUT2D eigenvalue weighted by Crippen LogP contribution is 2.16. The Morgan fingerprint density at radius 1 is 1.33 bits per heavy atom. The fourth-order valence-corrected chi connectivity index (χ4v) is 1.69. The molecule has 4 heteroatoms. The minimum Gasteiger partial charge on any atom is -0.383 e. The van der Waals surface area contributed by atoms with Crippen LogP contribution in [-0.4, -0.2) is 26.8 Å². The van der Waals surface area contributed by atoms with Gasteiger partial charge in [0, 0.05) is 13.7 Å². The summed E-state index contributed by atoms with van der Waals surface area (Å²) in [6.45, 7) is 2.54. The second-order valence-corrected chi connectivity index (χ2v) is 4.36. The maximum atomic E-state index is 12.9. The van der Waals surface area contributed by atoms with E-state index >= 15 is 0 Å². The van der Waals surface area contributed by atoms with Crippen LogP contribution < -0.4 is 5.32 Å². The van der Waals surface area contributed by atoms with Crippen LogP contribution in [0.25, 0.3) is 0 Å². The third-order valence-corrected chi connectivity index (χ3v) is 2.76. The number of methoxy groups -OCH3 is 1. The first-order valence-electron chi connectivity index (χ1n) is 6.02. The van der Waals surface area contributed by atoms with Crippen LogP contribution in [0.4, 0.5) is 4.39 Å². The van der Waals surface area contributed by atoms with Crippen molar-refractivity contribution in [1.82, 2.24) is 5.32 Å². The van der Waals surface area contributed by atoms with E-state index in [0.29, 0.717) is 0 Å². The van der Waals surface area contributed by atoms with Gasteiger partial charge in [-0.05, 0) is 37.1 Å². The molecular formula is C14H19ClFNO. The van der Waals surface area contributed by atoms with Gasteiger partial charge in [-0.15, -0.1) is 0 Å². The standard InChI is InChI=1S/C14H19ClFNO/c1-18-10-9-17-8-4-2-3-5-12-6-7-14(16)13(15)11-12/h2-3,6-7,11,17H,4-5,8-10H2,1H3/b3-2+. The van der Waals surface area contributed by atoms with Gasteiger partial charge in [-0.3, -0.25) is 0 Å². The SMILES string of the molecule is COCCNCC/C=C/Cc1ccc(F)c(Cl)c1. The van der Waals surface area contributed by atoms with E-state index in [1.165, 1.54) is 6.07 Å². The van der Waals surface area contributed by atoms with Gasteiger partial charge in [0.1, 0.15) is 5.82 Å². The Balaban J connectivity index is 2.17. The molecule has 2 nitrogen and oxygen atoms in total. The molecule has 0 spiro atoms. The first kappa shape index (κ1) is 15.2. The van der Waals surface area contributed by atoms with Crippen LogP contribution in [-0.2, 0) is 11.2 Å². The van der Waals surface area contributed by atoms with Crippen LogP contribution in [0.5, 0.6) is 0 Å². The summed E-state index contributed by atoms with van der Waals surface area (Å²) in [7, 11) is 1.69. The van der Waals surface area contributed by atoms with Gasteiger partial charge in [0.15, 0.2) is 0 Å². The molecule has 0 fully saturated rings. The summed E-state index contributed by atoms with van der Waals surface area (Å²) < 4.78 is 17.8. The van der Waals surface area contributed by atoms with Crippen LogP contribution in [0.15, 0.2) is 30.4 Å². The molecule has 0 bridgehead atoms. The Morgan fingerprint density at radius 3 is 2.89 bits per heavy atom. The highest BCUT2D eigenvalue weighted by molar-refractivity contribution is 6.30. The minimum atomic E-state index is -0.369. The predicted molar refractivity (Wildman–Crippen MR) is 73.6 cm³/mol. The van der Waals surface area contributed by atoms with Crippen molar-refractivity contribution in [1.29, 1.82) is 0 Å². The molecule has 0 saturated heterocycles. The topological polar surface area (TPSA) is 21.3 Å². The largest absolute Gasteiger partial charge is 0.383 e. The fourth-order valence-electron chi connectivity index (χ4n) is 1.49. The van der Waals surface area contributed by atoms with E-state index in [1.807, 2.05) is 0 Å². The van der Waals surface area contributed by atoms with E-state index < -0.39 is 0 Å². The molecule has 1 aromatic rings. The minimum absolute atomic E-state index is 0.183. The van der Waals surface area contributed by atoms with E-state index in [4.69, 9.17) is 16.3 Å². The number of hydrogen-bond donors (Lipinski definition) is 1. The zero-order chi connectivity index (χ0) is 13.2. The van der Waals surface area contributed by atoms with E-state index in [9.17, 15) is 4.39 Å². The summed E-state index contributed by atoms with van der Waals surface area (Å²) in [6, 6.07) is 4.82. The summed E-state index contributed by atoms with van der Waals surface area (Å²) >= 11 is 5.70. The first-order chi connectivity index (χ1) is 8.74. The molecule has 0 atom stereocenters. The Hall–Kier alpha value is -0.900. The highest BCUT2D eigenvalue weighted by Gasteiger charge is 1.98. The lowest BCUT2D eigenvalue weighted by Gasteiger charge is -2.01. The van der Waals surface area contributed by atoms with E-state index in [1.54, 1.807) is 19.2 Å². The lowest BCUT2D eigenvalue weighted by molar-refractivity contribution is 0.199. The summed E-state index contributed by atoms with van der Waals surface area (Å²) in [6.07, 6.45) is 5.93. The lowest BCUT2D eigenvalue weighted by Crippen LogP contribution is -2.19. The van der Waals surface area contributed by atoms with Gasteiger partial charge in [-0.25, -0.2) is 4.39 Å². The molecule has 0 aliphatic heterocycles. The molecule has 18 heavy (non-hydrogen) atoms. The summed E-state index contributed by atoms with van der Waals surface area (Å²) in [5.41, 5.74) is 1.02. The van der Waals surface area contributed by atoms with Crippen molar-refractivity contribution < 1.29 is 9.13 Å². The van der Waals surface area contributed by atoms with Crippen molar-refractivity contribution in [3.8, 4) is 0 Å². The quantitative estimate of drug-likeness (QED) is 0.579. The smallest absolute Gasteiger partial charge is 0.141 e. The molecule has 1 N–H and O–H groups in total. The average Bonchev–Trinajstić information content (AvgIpc) is 2.37. The van der Waals surface area contributed by atoms with Crippen molar-refractivity contribution in [3.05, 3.63) is 46.8 Å². The van der Waals surface area contributed by atoms with Gasteiger partial charge in [0.25, 0.3) is 0 Å². The summed E-state index contributed by atoms with van der Waals surface area (Å²) in [4.78, 5) is 0. The Bertz CT molecular complexity index is 382. The van der Waals surface area contributed by atoms with E-state index in [-0.39, 0.29) is 10.8 Å². The average molecular weight is 272 g/mol. The summed E-state index contributed by atoms with van der Waals surface area (Å²) in [5.74, 6) is -0.369. The molecule has 0 saturated carbocycles. The van der Waals surface area contributed by atoms with E-state index in [2.05, 4.69) is 17.5 Å². The predicted octanol–water partition coefficient (Wildman–Crippen LogP) is 3.20. The second kappa shape index (κ2) is 9.09. The molecule has 1 rings (SSSR count). The lowest BCUT2D eigenvalue weighted by atomic mass is 10.1. The second-order valence-electron chi connectivity index (χ2n) is 3.96. The summed E-state index contributed by atoms with van der Waals surface area (Å²) in [5, 5.41) is 3.44. The number of hydrogen-bond acceptors (Lipinski definition) is 2. The van der Waals surface area contributed by atoms with Crippen molar-refractivity contribution in [2.24, 2.45) is 0 Å². The highest BCUT2D eigenvalue weighted by atomic mass is 35.5. The monoisotopic (exact) mass is 271 g/mol. The van der Waals surface area contributed by atoms with Gasteiger partial charge in [-0.1, -0.05) is 29.8 Å². The number of ether oxygens (including phenoxy) is 1. The molecule has 1 aromatic carbocycles. The van der Waals surface area contributed by atoms with Gasteiger partial charge >= 0.3 is 0 Å². The Morgan fingerprint density at radius 2 is 2.17 bits per heavy atom. The Kier molecular flexibility index (Phi) is 7.65. The van der Waals surface area contributed by atoms with Gasteiger partial charge in [-0.2, -0.15) is 0 Å². The van der Waals surface area contributed by atoms with Crippen LogP contribution in [0.2, 0.25) is 5.02 Å². The van der Waals surface area contributed by atoms with Gasteiger partial charge in [0.2, 0.25) is 0 Å². The van der Waals surface area contributed by atoms with Crippen LogP contribution >= 0.6 is 11.6 Å². The molecule has 0 aliphatic carbocycles.